The van der Waals surface area contributed by atoms with Gasteiger partial charge in [0.05, 0.1) is 0 Å². The van der Waals surface area contributed by atoms with Crippen LogP contribution >= 0.6 is 0 Å². The van der Waals surface area contributed by atoms with Crippen LogP contribution in [0.1, 0.15) is 11.4 Å². The summed E-state index contributed by atoms with van der Waals surface area (Å²) in [7, 11) is 0. The molecule has 0 bridgehead atoms. The van der Waals surface area contributed by atoms with E-state index in [1.165, 1.54) is 0 Å². The second kappa shape index (κ2) is 4.07. The van der Waals surface area contributed by atoms with E-state index in [0.717, 1.165) is 11.4 Å². The maximum Gasteiger partial charge on any atom is 0 e. The maximum atomic E-state index is 3.96. The molecule has 1 aromatic rings. The number of nitrogens with zero attached hydrogens (tertiary/aromatic N) is 2. The Hall–Kier alpha value is 0.184. The van der Waals surface area contributed by atoms with Crippen LogP contribution in [0.25, 0.3) is 0 Å². The molecule has 45 valence electrons. The van der Waals surface area contributed by atoms with Crippen molar-refractivity contribution in [3.63, 3.8) is 0 Å². The summed E-state index contributed by atoms with van der Waals surface area (Å²) in [4.78, 5) is 7.85. The first-order valence-corrected chi connectivity index (χ1v) is 2.47. The summed E-state index contributed by atoms with van der Waals surface area (Å²) in [5.74, 6) is 0. The summed E-state index contributed by atoms with van der Waals surface area (Å²) in [5.41, 5.74) is 1.76. The van der Waals surface area contributed by atoms with Crippen LogP contribution < -0.4 is 0 Å². The molecule has 1 aromatic heterocycles. The fraction of sp³-hybridized carbons (Fsp3) is 0.333. The SMILES string of the molecule is Cc1[c-]nc(C)cn1.[Y]. The van der Waals surface area contributed by atoms with E-state index in [1.807, 2.05) is 13.8 Å². The van der Waals surface area contributed by atoms with Gasteiger partial charge in [-0.05, 0) is 18.8 Å². The Kier molecular flexibility index (Phi) is 4.16. The Morgan fingerprint density at radius 1 is 1.44 bits per heavy atom. The zero-order valence-electron chi connectivity index (χ0n) is 5.55. The summed E-state index contributed by atoms with van der Waals surface area (Å²) in [5, 5.41) is 0. The van der Waals surface area contributed by atoms with E-state index in [-0.39, 0.29) is 32.7 Å². The van der Waals surface area contributed by atoms with Crippen LogP contribution in [0.15, 0.2) is 6.20 Å². The zero-order valence-corrected chi connectivity index (χ0v) is 8.39. The molecule has 0 spiro atoms. The van der Waals surface area contributed by atoms with Crippen molar-refractivity contribution in [3.8, 4) is 0 Å². The van der Waals surface area contributed by atoms with Crippen LogP contribution in [0.3, 0.4) is 0 Å². The normalized spacial score (nSPS) is 8.22. The van der Waals surface area contributed by atoms with Gasteiger partial charge in [-0.1, -0.05) is 12.6 Å². The second-order valence-electron chi connectivity index (χ2n) is 1.71. The predicted molar refractivity (Wildman–Crippen MR) is 30.3 cm³/mol. The molecule has 0 fully saturated rings. The Bertz CT molecular complexity index is 150. The molecule has 2 nitrogen and oxygen atoms in total. The first-order valence-electron chi connectivity index (χ1n) is 2.47. The van der Waals surface area contributed by atoms with E-state index in [0.29, 0.717) is 0 Å². The van der Waals surface area contributed by atoms with Crippen molar-refractivity contribution in [2.45, 2.75) is 13.8 Å². The molecule has 0 atom stereocenters. The van der Waals surface area contributed by atoms with E-state index in [1.54, 1.807) is 6.20 Å². The number of aryl methyl sites for hydroxylation is 2. The van der Waals surface area contributed by atoms with Gasteiger partial charge in [-0.15, -0.1) is 6.20 Å². The van der Waals surface area contributed by atoms with Gasteiger partial charge in [0, 0.05) is 32.7 Å². The van der Waals surface area contributed by atoms with Crippen LogP contribution in [-0.2, 0) is 32.7 Å². The largest absolute Gasteiger partial charge is 0.453 e. The summed E-state index contributed by atoms with van der Waals surface area (Å²) in [6, 6.07) is 0. The Morgan fingerprint density at radius 2 is 2.11 bits per heavy atom. The minimum absolute atomic E-state index is 0. The standard InChI is InChI=1S/C6H7N2.Y/c1-5-3-8-6(2)4-7-5;/h3H,1-2H3;/q-1;. The van der Waals surface area contributed by atoms with E-state index < -0.39 is 0 Å². The van der Waals surface area contributed by atoms with Gasteiger partial charge in [-0.2, -0.15) is 0 Å². The van der Waals surface area contributed by atoms with Gasteiger partial charge in [0.25, 0.3) is 0 Å². The fourth-order valence-electron chi connectivity index (χ4n) is 0.417. The van der Waals surface area contributed by atoms with E-state index in [4.69, 9.17) is 0 Å². The topological polar surface area (TPSA) is 25.8 Å². The van der Waals surface area contributed by atoms with Crippen molar-refractivity contribution in [2.75, 3.05) is 0 Å². The Labute approximate surface area is 80.0 Å². The first kappa shape index (κ1) is 9.18. The summed E-state index contributed by atoms with van der Waals surface area (Å²) < 4.78 is 0. The van der Waals surface area contributed by atoms with Gasteiger partial charge < -0.3 is 4.98 Å². The van der Waals surface area contributed by atoms with E-state index in [2.05, 4.69) is 16.2 Å². The quantitative estimate of drug-likeness (QED) is 0.576. The Morgan fingerprint density at radius 3 is 2.44 bits per heavy atom. The van der Waals surface area contributed by atoms with Gasteiger partial charge in [0.15, 0.2) is 0 Å². The third-order valence-electron chi connectivity index (χ3n) is 0.839. The molecule has 0 saturated carbocycles. The first-order chi connectivity index (χ1) is 3.79. The second-order valence-corrected chi connectivity index (χ2v) is 1.71. The molecule has 0 aromatic carbocycles. The average Bonchev–Trinajstić information content (AvgIpc) is 1.77. The van der Waals surface area contributed by atoms with Gasteiger partial charge in [0.2, 0.25) is 0 Å². The average molecular weight is 196 g/mol. The fourth-order valence-corrected chi connectivity index (χ4v) is 0.417. The van der Waals surface area contributed by atoms with Crippen molar-refractivity contribution in [3.05, 3.63) is 23.8 Å². The van der Waals surface area contributed by atoms with Crippen molar-refractivity contribution in [2.24, 2.45) is 0 Å². The molecule has 9 heavy (non-hydrogen) atoms. The minimum atomic E-state index is 0. The van der Waals surface area contributed by atoms with Crippen molar-refractivity contribution in [1.82, 2.24) is 9.97 Å². The molecule has 0 amide bonds. The van der Waals surface area contributed by atoms with Crippen molar-refractivity contribution >= 4 is 0 Å². The van der Waals surface area contributed by atoms with Crippen LogP contribution in [0, 0.1) is 20.0 Å². The third kappa shape index (κ3) is 3.02. The molecule has 1 rings (SSSR count). The molecule has 0 saturated heterocycles. The van der Waals surface area contributed by atoms with Crippen LogP contribution in [0.4, 0.5) is 0 Å². The predicted octanol–water partition coefficient (Wildman–Crippen LogP) is 0.891. The smallest absolute Gasteiger partial charge is 0 e. The minimum Gasteiger partial charge on any atom is -0.453 e. The molecular weight excluding hydrogens is 189 g/mol. The van der Waals surface area contributed by atoms with Gasteiger partial charge >= 0.3 is 0 Å². The molecular formula is C6H7N2Y-. The molecule has 0 aliphatic rings. The molecule has 0 N–H and O–H groups in total. The van der Waals surface area contributed by atoms with Crippen LogP contribution in [-0.4, -0.2) is 9.97 Å². The van der Waals surface area contributed by atoms with Gasteiger partial charge in [0.1, 0.15) is 0 Å². The molecule has 0 aliphatic carbocycles. The number of hydrogen-bond acceptors (Lipinski definition) is 2. The summed E-state index contributed by atoms with van der Waals surface area (Å²) >= 11 is 0. The number of hydrogen-bond donors (Lipinski definition) is 0. The third-order valence-corrected chi connectivity index (χ3v) is 0.839. The number of rotatable bonds is 0. The molecule has 0 unspecified atom stereocenters. The number of aromatic nitrogens is 2. The Balaban J connectivity index is 0.000000640. The summed E-state index contributed by atoms with van der Waals surface area (Å²) in [6.07, 6.45) is 4.47. The van der Waals surface area contributed by atoms with Crippen LogP contribution in [0.5, 0.6) is 0 Å². The van der Waals surface area contributed by atoms with Gasteiger partial charge in [-0.25, -0.2) is 0 Å². The van der Waals surface area contributed by atoms with E-state index in [9.17, 15) is 0 Å². The van der Waals surface area contributed by atoms with Crippen LogP contribution in [0.2, 0.25) is 0 Å². The monoisotopic (exact) mass is 196 g/mol. The van der Waals surface area contributed by atoms with Crippen molar-refractivity contribution in [1.29, 1.82) is 0 Å². The molecule has 1 heterocycles. The zero-order chi connectivity index (χ0) is 5.98. The molecule has 0 aliphatic heterocycles. The van der Waals surface area contributed by atoms with Gasteiger partial charge in [-0.3, -0.25) is 4.98 Å². The molecule has 1 radical (unpaired) electrons. The maximum absolute atomic E-state index is 3.96. The molecule has 3 heteroatoms. The van der Waals surface area contributed by atoms with E-state index >= 15 is 0 Å². The summed E-state index contributed by atoms with van der Waals surface area (Å²) in [6.45, 7) is 3.76. The van der Waals surface area contributed by atoms with Crippen molar-refractivity contribution < 1.29 is 32.7 Å².